The predicted molar refractivity (Wildman–Crippen MR) is 50.2 cm³/mol. The molecule has 0 unspecified atom stereocenters. The Labute approximate surface area is 78.8 Å². The summed E-state index contributed by atoms with van der Waals surface area (Å²) < 4.78 is 5.58. The van der Waals surface area contributed by atoms with Crippen LogP contribution in [0.5, 0.6) is 0 Å². The summed E-state index contributed by atoms with van der Waals surface area (Å²) >= 11 is 0. The van der Waals surface area contributed by atoms with Crippen LogP contribution in [0.4, 0.5) is 0 Å². The first-order chi connectivity index (χ1) is 6.24. The molecule has 3 fully saturated rings. The molecule has 0 spiro atoms. The first-order valence-corrected chi connectivity index (χ1v) is 4.98. The van der Waals surface area contributed by atoms with Crippen molar-refractivity contribution in [1.29, 1.82) is 0 Å². The second-order valence-corrected chi connectivity index (χ2v) is 4.49. The number of hydrogen-bond acceptors (Lipinski definition) is 3. The molecule has 0 atom stereocenters. The molecule has 0 aromatic carbocycles. The van der Waals surface area contributed by atoms with Gasteiger partial charge in [0.1, 0.15) is 0 Å². The van der Waals surface area contributed by atoms with Crippen molar-refractivity contribution in [3.05, 3.63) is 0 Å². The minimum atomic E-state index is 0.158. The summed E-state index contributed by atoms with van der Waals surface area (Å²) in [6.45, 7) is 0. The SMILES string of the molecule is COC12CCC(/C=N\O)(CC1)CC2. The maximum atomic E-state index is 8.59. The minimum Gasteiger partial charge on any atom is -0.411 e. The molecule has 0 aromatic heterocycles. The maximum Gasteiger partial charge on any atom is 0.0679 e. The molecule has 0 heterocycles. The summed E-state index contributed by atoms with van der Waals surface area (Å²) in [4.78, 5) is 0. The third kappa shape index (κ3) is 1.35. The average Bonchev–Trinajstić information content (AvgIpc) is 2.21. The van der Waals surface area contributed by atoms with Gasteiger partial charge in [-0.1, -0.05) is 0 Å². The van der Waals surface area contributed by atoms with E-state index >= 15 is 0 Å². The number of fused-ring (bicyclic) bond motifs is 3. The lowest BCUT2D eigenvalue weighted by Crippen LogP contribution is -2.47. The zero-order valence-electron chi connectivity index (χ0n) is 8.12. The quantitative estimate of drug-likeness (QED) is 0.405. The monoisotopic (exact) mass is 183 g/mol. The molecule has 1 N–H and O–H groups in total. The van der Waals surface area contributed by atoms with Gasteiger partial charge in [0.15, 0.2) is 0 Å². The Bertz CT molecular complexity index is 200. The van der Waals surface area contributed by atoms with E-state index in [2.05, 4.69) is 5.16 Å². The van der Waals surface area contributed by atoms with E-state index in [1.165, 1.54) is 0 Å². The van der Waals surface area contributed by atoms with Crippen LogP contribution in [-0.4, -0.2) is 24.1 Å². The van der Waals surface area contributed by atoms with Gasteiger partial charge in [-0.05, 0) is 38.5 Å². The first kappa shape index (κ1) is 9.00. The highest BCUT2D eigenvalue weighted by atomic mass is 16.5. The molecule has 2 bridgehead atoms. The Morgan fingerprint density at radius 2 is 1.69 bits per heavy atom. The highest BCUT2D eigenvalue weighted by Gasteiger charge is 2.48. The first-order valence-electron chi connectivity index (χ1n) is 4.98. The second-order valence-electron chi connectivity index (χ2n) is 4.49. The molecule has 3 aliphatic carbocycles. The number of oxime groups is 1. The Morgan fingerprint density at radius 1 is 1.15 bits per heavy atom. The van der Waals surface area contributed by atoms with Crippen molar-refractivity contribution >= 4 is 6.21 Å². The van der Waals surface area contributed by atoms with E-state index in [0.717, 1.165) is 38.5 Å². The molecular weight excluding hydrogens is 166 g/mol. The smallest absolute Gasteiger partial charge is 0.0679 e. The third-order valence-corrected chi connectivity index (χ3v) is 4.00. The lowest BCUT2D eigenvalue weighted by Gasteiger charge is -2.50. The van der Waals surface area contributed by atoms with Crippen LogP contribution in [0, 0.1) is 5.41 Å². The Kier molecular flexibility index (Phi) is 2.06. The number of methoxy groups -OCH3 is 1. The topological polar surface area (TPSA) is 41.8 Å². The summed E-state index contributed by atoms with van der Waals surface area (Å²) in [5.74, 6) is 0. The summed E-state index contributed by atoms with van der Waals surface area (Å²) in [6.07, 6.45) is 8.45. The summed E-state index contributed by atoms with van der Waals surface area (Å²) in [6, 6.07) is 0. The van der Waals surface area contributed by atoms with Gasteiger partial charge < -0.3 is 9.94 Å². The molecule has 0 saturated heterocycles. The van der Waals surface area contributed by atoms with E-state index in [4.69, 9.17) is 9.94 Å². The largest absolute Gasteiger partial charge is 0.411 e. The summed E-state index contributed by atoms with van der Waals surface area (Å²) in [5, 5.41) is 11.8. The van der Waals surface area contributed by atoms with Gasteiger partial charge in [-0.25, -0.2) is 0 Å². The van der Waals surface area contributed by atoms with Crippen molar-refractivity contribution in [2.45, 2.75) is 44.1 Å². The third-order valence-electron chi connectivity index (χ3n) is 4.00. The van der Waals surface area contributed by atoms with Crippen LogP contribution in [0.15, 0.2) is 5.16 Å². The fourth-order valence-corrected chi connectivity index (χ4v) is 2.80. The molecule has 0 radical (unpaired) electrons. The fraction of sp³-hybridized carbons (Fsp3) is 0.900. The number of ether oxygens (including phenoxy) is 1. The van der Waals surface area contributed by atoms with Crippen LogP contribution < -0.4 is 0 Å². The van der Waals surface area contributed by atoms with Crippen LogP contribution in [0.1, 0.15) is 38.5 Å². The van der Waals surface area contributed by atoms with E-state index < -0.39 is 0 Å². The molecule has 3 saturated carbocycles. The van der Waals surface area contributed by atoms with Crippen LogP contribution in [0.25, 0.3) is 0 Å². The van der Waals surface area contributed by atoms with Gasteiger partial charge >= 0.3 is 0 Å². The molecule has 3 rings (SSSR count). The Balaban J connectivity index is 2.11. The fourth-order valence-electron chi connectivity index (χ4n) is 2.80. The Morgan fingerprint density at radius 3 is 2.08 bits per heavy atom. The highest BCUT2D eigenvalue weighted by Crippen LogP contribution is 2.52. The van der Waals surface area contributed by atoms with Crippen LogP contribution >= 0.6 is 0 Å². The van der Waals surface area contributed by atoms with E-state index in [9.17, 15) is 0 Å². The molecule has 13 heavy (non-hydrogen) atoms. The lowest BCUT2D eigenvalue weighted by molar-refractivity contribution is -0.0981. The predicted octanol–water partition coefficient (Wildman–Crippen LogP) is 2.19. The van der Waals surface area contributed by atoms with Crippen molar-refractivity contribution in [3.8, 4) is 0 Å². The number of hydrogen-bond donors (Lipinski definition) is 1. The number of rotatable bonds is 2. The van der Waals surface area contributed by atoms with Gasteiger partial charge in [0, 0.05) is 18.7 Å². The normalized spacial score (nSPS) is 44.4. The molecule has 0 aliphatic heterocycles. The molecular formula is C10H17NO2. The zero-order valence-corrected chi connectivity index (χ0v) is 8.12. The van der Waals surface area contributed by atoms with Crippen molar-refractivity contribution in [2.24, 2.45) is 10.6 Å². The Hall–Kier alpha value is -0.570. The van der Waals surface area contributed by atoms with Crippen molar-refractivity contribution < 1.29 is 9.94 Å². The van der Waals surface area contributed by atoms with Crippen molar-refractivity contribution in [3.63, 3.8) is 0 Å². The van der Waals surface area contributed by atoms with Crippen LogP contribution in [0.2, 0.25) is 0 Å². The van der Waals surface area contributed by atoms with E-state index in [-0.39, 0.29) is 11.0 Å². The average molecular weight is 183 g/mol. The molecule has 0 aromatic rings. The molecule has 3 heteroatoms. The second kappa shape index (κ2) is 2.98. The molecule has 0 amide bonds. The molecule has 74 valence electrons. The summed E-state index contributed by atoms with van der Waals surface area (Å²) in [5.41, 5.74) is 0.347. The van der Waals surface area contributed by atoms with Crippen molar-refractivity contribution in [2.75, 3.05) is 7.11 Å². The van der Waals surface area contributed by atoms with Gasteiger partial charge in [0.25, 0.3) is 0 Å². The molecule has 3 aliphatic rings. The van der Waals surface area contributed by atoms with Crippen LogP contribution in [0.3, 0.4) is 0 Å². The van der Waals surface area contributed by atoms with Gasteiger partial charge in [-0.3, -0.25) is 0 Å². The zero-order chi connectivity index (χ0) is 9.36. The van der Waals surface area contributed by atoms with Gasteiger partial charge in [0.05, 0.1) is 5.60 Å². The van der Waals surface area contributed by atoms with Crippen LogP contribution in [-0.2, 0) is 4.74 Å². The number of nitrogens with zero attached hydrogens (tertiary/aromatic N) is 1. The van der Waals surface area contributed by atoms with Gasteiger partial charge in [-0.15, -0.1) is 5.16 Å². The van der Waals surface area contributed by atoms with Crippen molar-refractivity contribution in [1.82, 2.24) is 0 Å². The maximum absolute atomic E-state index is 8.59. The highest BCUT2D eigenvalue weighted by molar-refractivity contribution is 5.65. The van der Waals surface area contributed by atoms with Gasteiger partial charge in [-0.2, -0.15) is 0 Å². The standard InChI is InChI=1S/C10H17NO2/c1-13-10-5-2-9(3-6-10,4-7-10)8-11-12/h8,12H,2-7H2,1H3/b11-8-. The summed E-state index contributed by atoms with van der Waals surface area (Å²) in [7, 11) is 1.82. The van der Waals surface area contributed by atoms with E-state index in [1.807, 2.05) is 7.11 Å². The molecule has 3 nitrogen and oxygen atoms in total. The van der Waals surface area contributed by atoms with E-state index in [1.54, 1.807) is 6.21 Å². The lowest BCUT2D eigenvalue weighted by atomic mass is 9.59. The van der Waals surface area contributed by atoms with E-state index in [0.29, 0.717) is 0 Å². The minimum absolute atomic E-state index is 0.158. The van der Waals surface area contributed by atoms with Gasteiger partial charge in [0.2, 0.25) is 0 Å².